The molecular weight excluding hydrogens is 332 g/mol. The van der Waals surface area contributed by atoms with Gasteiger partial charge >= 0.3 is 5.97 Å². The molecule has 0 bridgehead atoms. The Morgan fingerprint density at radius 3 is 2.46 bits per heavy atom. The van der Waals surface area contributed by atoms with Crippen LogP contribution in [0.25, 0.3) is 0 Å². The zero-order valence-corrected chi connectivity index (χ0v) is 14.9. The van der Waals surface area contributed by atoms with E-state index in [1.54, 1.807) is 4.90 Å². The number of likely N-dealkylation sites (tertiary alicyclic amines) is 1. The number of piperidine rings is 1. The number of carbonyl (C=O) groups is 2. The van der Waals surface area contributed by atoms with Gasteiger partial charge in [0.25, 0.3) is 0 Å². The Morgan fingerprint density at radius 2 is 1.79 bits per heavy atom. The minimum absolute atomic E-state index is 0.0148. The molecule has 4 unspecified atom stereocenters. The molecule has 2 heterocycles. The first-order chi connectivity index (χ1) is 11.3. The van der Waals surface area contributed by atoms with Crippen LogP contribution < -0.4 is 0 Å². The zero-order chi connectivity index (χ0) is 17.5. The van der Waals surface area contributed by atoms with Gasteiger partial charge < -0.3 is 10.0 Å². The topological polar surface area (TPSA) is 95.0 Å². The van der Waals surface area contributed by atoms with Crippen LogP contribution in [0.2, 0.25) is 0 Å². The Bertz CT molecular complexity index is 620. The molecule has 0 radical (unpaired) electrons. The van der Waals surface area contributed by atoms with E-state index in [2.05, 4.69) is 0 Å². The molecule has 2 saturated heterocycles. The van der Waals surface area contributed by atoms with E-state index < -0.39 is 28.0 Å². The van der Waals surface area contributed by atoms with Crippen molar-refractivity contribution in [3.8, 4) is 0 Å². The van der Waals surface area contributed by atoms with Gasteiger partial charge in [0.05, 0.1) is 12.2 Å². The van der Waals surface area contributed by atoms with Crippen molar-refractivity contribution in [1.82, 2.24) is 9.21 Å². The van der Waals surface area contributed by atoms with E-state index in [4.69, 9.17) is 0 Å². The van der Waals surface area contributed by atoms with E-state index in [9.17, 15) is 23.1 Å². The maximum Gasteiger partial charge on any atom is 0.326 e. The number of aliphatic carboxylic acids is 1. The smallest absolute Gasteiger partial charge is 0.326 e. The van der Waals surface area contributed by atoms with Gasteiger partial charge in [-0.1, -0.05) is 12.8 Å². The molecule has 8 heteroatoms. The largest absolute Gasteiger partial charge is 0.480 e. The van der Waals surface area contributed by atoms with Crippen LogP contribution in [0.15, 0.2) is 0 Å². The first-order valence-electron chi connectivity index (χ1n) is 8.79. The number of nitrogens with zero attached hydrogens (tertiary/aromatic N) is 2. The van der Waals surface area contributed by atoms with Gasteiger partial charge in [0, 0.05) is 19.1 Å². The molecule has 1 aliphatic carbocycles. The zero-order valence-electron chi connectivity index (χ0n) is 14.1. The molecule has 2 aliphatic heterocycles. The molecule has 0 spiro atoms. The van der Waals surface area contributed by atoms with Crippen molar-refractivity contribution < 1.29 is 23.1 Å². The van der Waals surface area contributed by atoms with Crippen molar-refractivity contribution in [3.05, 3.63) is 0 Å². The first-order valence-corrected chi connectivity index (χ1v) is 10.6. The van der Waals surface area contributed by atoms with Crippen molar-refractivity contribution in [2.45, 2.75) is 57.0 Å². The monoisotopic (exact) mass is 358 g/mol. The van der Waals surface area contributed by atoms with Gasteiger partial charge in [0.1, 0.15) is 6.04 Å². The van der Waals surface area contributed by atoms with Crippen LogP contribution in [-0.2, 0) is 19.6 Å². The van der Waals surface area contributed by atoms with Crippen LogP contribution >= 0.6 is 0 Å². The van der Waals surface area contributed by atoms with Crippen molar-refractivity contribution in [1.29, 1.82) is 0 Å². The fourth-order valence-electron chi connectivity index (χ4n) is 4.65. The number of carboxylic acids is 1. The third kappa shape index (κ3) is 3.31. The lowest BCUT2D eigenvalue weighted by atomic mass is 9.84. The SMILES string of the molecule is CS(=O)(=O)N1CCCC(C(=O)N2C(C(=O)O)CC3CCCCC32)C1. The Morgan fingerprint density at radius 1 is 1.08 bits per heavy atom. The van der Waals surface area contributed by atoms with Crippen LogP contribution in [-0.4, -0.2) is 66.0 Å². The van der Waals surface area contributed by atoms with Crippen LogP contribution in [0.4, 0.5) is 0 Å². The Hall–Kier alpha value is -1.15. The van der Waals surface area contributed by atoms with Gasteiger partial charge in [0.2, 0.25) is 15.9 Å². The second kappa shape index (κ2) is 6.63. The normalized spacial score (nSPS) is 34.8. The predicted octanol–water partition coefficient (Wildman–Crippen LogP) is 0.902. The summed E-state index contributed by atoms with van der Waals surface area (Å²) in [5.41, 5.74) is 0. The molecule has 7 nitrogen and oxygen atoms in total. The average Bonchev–Trinajstić information content (AvgIpc) is 2.93. The van der Waals surface area contributed by atoms with E-state index in [0.29, 0.717) is 25.8 Å². The van der Waals surface area contributed by atoms with E-state index in [1.165, 1.54) is 4.31 Å². The van der Waals surface area contributed by atoms with Crippen LogP contribution in [0, 0.1) is 11.8 Å². The number of hydrogen-bond donors (Lipinski definition) is 1. The molecule has 3 rings (SSSR count). The minimum Gasteiger partial charge on any atom is -0.480 e. The molecule has 0 aromatic carbocycles. The van der Waals surface area contributed by atoms with E-state index >= 15 is 0 Å². The maximum atomic E-state index is 13.1. The molecule has 0 aromatic rings. The van der Waals surface area contributed by atoms with Gasteiger partial charge in [-0.05, 0) is 38.0 Å². The highest BCUT2D eigenvalue weighted by Crippen LogP contribution is 2.41. The average molecular weight is 358 g/mol. The number of rotatable bonds is 3. The number of sulfonamides is 1. The number of fused-ring (bicyclic) bond motifs is 1. The summed E-state index contributed by atoms with van der Waals surface area (Å²) < 4.78 is 24.9. The van der Waals surface area contributed by atoms with E-state index in [-0.39, 0.29) is 24.4 Å². The number of carboxylic acid groups (broad SMARTS) is 1. The molecule has 1 amide bonds. The molecule has 136 valence electrons. The highest BCUT2D eigenvalue weighted by atomic mass is 32.2. The fourth-order valence-corrected chi connectivity index (χ4v) is 5.57. The van der Waals surface area contributed by atoms with Crippen molar-refractivity contribution >= 4 is 21.9 Å². The summed E-state index contributed by atoms with van der Waals surface area (Å²) in [7, 11) is -3.32. The lowest BCUT2D eigenvalue weighted by molar-refractivity contribution is -0.152. The maximum absolute atomic E-state index is 13.1. The van der Waals surface area contributed by atoms with Gasteiger partial charge in [0.15, 0.2) is 0 Å². The Balaban J connectivity index is 1.80. The summed E-state index contributed by atoms with van der Waals surface area (Å²) in [5, 5.41) is 9.56. The predicted molar refractivity (Wildman–Crippen MR) is 87.8 cm³/mol. The molecule has 0 aromatic heterocycles. The number of carbonyl (C=O) groups excluding carboxylic acids is 1. The molecular formula is C16H26N2O5S. The summed E-state index contributed by atoms with van der Waals surface area (Å²) in [6, 6.07) is -0.736. The van der Waals surface area contributed by atoms with Gasteiger partial charge in [-0.15, -0.1) is 0 Å². The van der Waals surface area contributed by atoms with Gasteiger partial charge in [-0.3, -0.25) is 4.79 Å². The first kappa shape index (κ1) is 17.7. The molecule has 1 saturated carbocycles. The quantitative estimate of drug-likeness (QED) is 0.809. The third-order valence-corrected chi connectivity index (χ3v) is 7.10. The molecule has 3 fully saturated rings. The summed E-state index contributed by atoms with van der Waals surface area (Å²) in [6.45, 7) is 0.620. The summed E-state index contributed by atoms with van der Waals surface area (Å²) in [4.78, 5) is 26.3. The van der Waals surface area contributed by atoms with Crippen LogP contribution in [0.5, 0.6) is 0 Å². The second-order valence-electron chi connectivity index (χ2n) is 7.41. The minimum atomic E-state index is -3.32. The van der Waals surface area contributed by atoms with Gasteiger partial charge in [-0.2, -0.15) is 0 Å². The highest BCUT2D eigenvalue weighted by Gasteiger charge is 2.49. The molecule has 1 N–H and O–H groups in total. The van der Waals surface area contributed by atoms with Crippen molar-refractivity contribution in [2.24, 2.45) is 11.8 Å². The van der Waals surface area contributed by atoms with Gasteiger partial charge in [-0.25, -0.2) is 17.5 Å². The van der Waals surface area contributed by atoms with E-state index in [0.717, 1.165) is 31.9 Å². The standard InChI is InChI=1S/C16H26N2O5S/c1-24(22,23)17-8-4-6-12(10-17)15(19)18-13-7-3-2-5-11(13)9-14(18)16(20)21/h11-14H,2-10H2,1H3,(H,20,21). The summed E-state index contributed by atoms with van der Waals surface area (Å²) in [5.74, 6) is -1.24. The second-order valence-corrected chi connectivity index (χ2v) is 9.39. The number of amides is 1. The molecule has 4 atom stereocenters. The fraction of sp³-hybridized carbons (Fsp3) is 0.875. The summed E-state index contributed by atoms with van der Waals surface area (Å²) >= 11 is 0. The summed E-state index contributed by atoms with van der Waals surface area (Å²) in [6.07, 6.45) is 6.94. The Labute approximate surface area is 143 Å². The molecule has 3 aliphatic rings. The van der Waals surface area contributed by atoms with Crippen molar-refractivity contribution in [2.75, 3.05) is 19.3 Å². The van der Waals surface area contributed by atoms with Crippen LogP contribution in [0.1, 0.15) is 44.9 Å². The molecule has 24 heavy (non-hydrogen) atoms. The Kier molecular flexibility index (Phi) is 4.88. The lowest BCUT2D eigenvalue weighted by Crippen LogP contribution is -2.52. The van der Waals surface area contributed by atoms with Crippen molar-refractivity contribution in [3.63, 3.8) is 0 Å². The van der Waals surface area contributed by atoms with Crippen LogP contribution in [0.3, 0.4) is 0 Å². The highest BCUT2D eigenvalue weighted by molar-refractivity contribution is 7.88. The van der Waals surface area contributed by atoms with E-state index in [1.807, 2.05) is 0 Å². The third-order valence-electron chi connectivity index (χ3n) is 5.83. The lowest BCUT2D eigenvalue weighted by Gasteiger charge is -2.38. The number of hydrogen-bond acceptors (Lipinski definition) is 4.